The summed E-state index contributed by atoms with van der Waals surface area (Å²) in [6.07, 6.45) is 8.65. The number of aryl methyl sites for hydroxylation is 1. The van der Waals surface area contributed by atoms with E-state index in [9.17, 15) is 4.79 Å². The van der Waals surface area contributed by atoms with Gasteiger partial charge in [-0.3, -0.25) is 9.98 Å². The SMILES string of the molecule is Cc1ccc(C2(CC3CN=CC=N3)OC[C@@H](COc3ccc(CC4CCN(c5ccc(-n6cnn(C(C)C(C)C)c6=O)cc5)CC4)cc3)O2)c(Cl)c1. The van der Waals surface area contributed by atoms with Crippen molar-refractivity contribution in [3.8, 4) is 11.4 Å². The first-order valence-electron chi connectivity index (χ1n) is 18.5. The Bertz CT molecular complexity index is 1930. The Morgan fingerprint density at radius 2 is 1.73 bits per heavy atom. The van der Waals surface area contributed by atoms with Crippen LogP contribution in [0.3, 0.4) is 0 Å². The number of ether oxygens (including phenoxy) is 3. The van der Waals surface area contributed by atoms with Gasteiger partial charge in [0.15, 0.2) is 5.79 Å². The molecule has 1 aromatic heterocycles. The van der Waals surface area contributed by atoms with Gasteiger partial charge in [0.1, 0.15) is 24.8 Å². The molecule has 0 N–H and O–H groups in total. The van der Waals surface area contributed by atoms with Gasteiger partial charge in [0.05, 0.1) is 30.9 Å². The van der Waals surface area contributed by atoms with Crippen LogP contribution in [0.25, 0.3) is 5.69 Å². The van der Waals surface area contributed by atoms with E-state index in [0.29, 0.717) is 43.0 Å². The van der Waals surface area contributed by atoms with Crippen LogP contribution in [0.2, 0.25) is 5.02 Å². The van der Waals surface area contributed by atoms with Crippen LogP contribution in [-0.4, -0.2) is 71.8 Å². The van der Waals surface area contributed by atoms with Gasteiger partial charge in [0.2, 0.25) is 0 Å². The first-order valence-corrected chi connectivity index (χ1v) is 18.9. The molecule has 3 aliphatic heterocycles. The van der Waals surface area contributed by atoms with Crippen molar-refractivity contribution >= 4 is 29.7 Å². The lowest BCUT2D eigenvalue weighted by molar-refractivity contribution is -0.186. The molecule has 4 heterocycles. The molecule has 52 heavy (non-hydrogen) atoms. The van der Waals surface area contributed by atoms with E-state index in [4.69, 9.17) is 25.8 Å². The van der Waals surface area contributed by atoms with Crippen LogP contribution in [-0.2, 0) is 21.7 Å². The van der Waals surface area contributed by atoms with Crippen molar-refractivity contribution in [3.05, 3.63) is 105 Å². The van der Waals surface area contributed by atoms with E-state index >= 15 is 0 Å². The molecule has 0 saturated carbocycles. The molecule has 0 aliphatic carbocycles. The third-order valence-corrected chi connectivity index (χ3v) is 11.0. The largest absolute Gasteiger partial charge is 0.491 e. The normalized spacial score (nSPS) is 22.7. The second-order valence-electron chi connectivity index (χ2n) is 14.8. The number of anilines is 1. The molecule has 0 bridgehead atoms. The smallest absolute Gasteiger partial charge is 0.350 e. The van der Waals surface area contributed by atoms with Gasteiger partial charge in [-0.1, -0.05) is 49.7 Å². The molecule has 2 fully saturated rings. The van der Waals surface area contributed by atoms with Crippen LogP contribution in [0.5, 0.6) is 5.75 Å². The highest BCUT2D eigenvalue weighted by Crippen LogP contribution is 2.42. The van der Waals surface area contributed by atoms with Gasteiger partial charge in [-0.25, -0.2) is 14.0 Å². The van der Waals surface area contributed by atoms with E-state index in [2.05, 4.69) is 70.2 Å². The van der Waals surface area contributed by atoms with E-state index in [-0.39, 0.29) is 23.9 Å². The highest BCUT2D eigenvalue weighted by molar-refractivity contribution is 6.31. The summed E-state index contributed by atoms with van der Waals surface area (Å²) >= 11 is 6.73. The molecule has 3 unspecified atom stereocenters. The Kier molecular flexibility index (Phi) is 11.0. The van der Waals surface area contributed by atoms with E-state index < -0.39 is 5.79 Å². The average Bonchev–Trinajstić information content (AvgIpc) is 3.75. The van der Waals surface area contributed by atoms with Crippen LogP contribution in [0.1, 0.15) is 62.8 Å². The standard InChI is InChI=1S/C41H49ClN6O4/c1-28(2)30(4)48-40(49)47(27-45-48)35-10-8-34(9-11-35)46-19-15-32(16-20-46)22-31-6-12-36(13-7-31)50-25-37-26-51-41(52-37,23-33-24-43-17-18-44-33)38-14-5-29(3)21-39(38)42/h5-14,17-18,21,27-28,30,32-33,37H,15-16,19-20,22-26H2,1-4H3/t30?,33?,37-,41?/m1/s1. The van der Waals surface area contributed by atoms with Gasteiger partial charge in [0, 0.05) is 48.2 Å². The maximum atomic E-state index is 13.0. The van der Waals surface area contributed by atoms with Gasteiger partial charge in [-0.2, -0.15) is 5.10 Å². The lowest BCUT2D eigenvalue weighted by atomic mass is 9.90. The highest BCUT2D eigenvalue weighted by atomic mass is 35.5. The number of rotatable bonds is 12. The molecule has 0 amide bonds. The fourth-order valence-corrected chi connectivity index (χ4v) is 7.70. The van der Waals surface area contributed by atoms with Crippen LogP contribution in [0, 0.1) is 18.8 Å². The minimum atomic E-state index is -1.01. The number of piperidine rings is 1. The van der Waals surface area contributed by atoms with Crippen molar-refractivity contribution in [1.29, 1.82) is 0 Å². The molecular formula is C41H49ClN6O4. The van der Waals surface area contributed by atoms with Gasteiger partial charge in [0.25, 0.3) is 0 Å². The predicted octanol–water partition coefficient (Wildman–Crippen LogP) is 7.23. The Labute approximate surface area is 311 Å². The minimum Gasteiger partial charge on any atom is -0.491 e. The van der Waals surface area contributed by atoms with Gasteiger partial charge in [-0.15, -0.1) is 0 Å². The lowest BCUT2D eigenvalue weighted by Gasteiger charge is -2.33. The number of hydrogen-bond donors (Lipinski definition) is 0. The maximum absolute atomic E-state index is 13.0. The highest BCUT2D eigenvalue weighted by Gasteiger charge is 2.46. The molecule has 2 saturated heterocycles. The summed E-state index contributed by atoms with van der Waals surface area (Å²) in [6.45, 7) is 11.6. The second kappa shape index (κ2) is 15.8. The van der Waals surface area contributed by atoms with Crippen molar-refractivity contribution < 1.29 is 14.2 Å². The van der Waals surface area contributed by atoms with Crippen LogP contribution in [0.15, 0.2) is 87.8 Å². The molecule has 0 spiro atoms. The number of nitrogens with zero attached hydrogens (tertiary/aromatic N) is 6. The second-order valence-corrected chi connectivity index (χ2v) is 15.2. The summed E-state index contributed by atoms with van der Waals surface area (Å²) in [6, 6.07) is 22.7. The van der Waals surface area contributed by atoms with Gasteiger partial charge >= 0.3 is 5.69 Å². The van der Waals surface area contributed by atoms with E-state index in [0.717, 1.165) is 54.9 Å². The summed E-state index contributed by atoms with van der Waals surface area (Å²) < 4.78 is 22.4. The zero-order valence-corrected chi connectivity index (χ0v) is 31.3. The Morgan fingerprint density at radius 1 is 0.981 bits per heavy atom. The molecular weight excluding hydrogens is 676 g/mol. The van der Waals surface area contributed by atoms with Crippen molar-refractivity contribution in [3.63, 3.8) is 0 Å². The van der Waals surface area contributed by atoms with Crippen molar-refractivity contribution in [2.75, 3.05) is 37.7 Å². The van der Waals surface area contributed by atoms with Crippen LogP contribution >= 0.6 is 11.6 Å². The molecule has 7 rings (SSSR count). The van der Waals surface area contributed by atoms with E-state index in [1.54, 1.807) is 28.0 Å². The van der Waals surface area contributed by atoms with Crippen molar-refractivity contribution in [2.24, 2.45) is 21.8 Å². The Morgan fingerprint density at radius 3 is 2.42 bits per heavy atom. The minimum absolute atomic E-state index is 0.0453. The molecule has 4 aromatic rings. The molecule has 0 radical (unpaired) electrons. The van der Waals surface area contributed by atoms with E-state index in [1.807, 2.05) is 44.2 Å². The quantitative estimate of drug-likeness (QED) is 0.153. The monoisotopic (exact) mass is 724 g/mol. The molecule has 3 aliphatic rings. The molecule has 10 nitrogen and oxygen atoms in total. The summed E-state index contributed by atoms with van der Waals surface area (Å²) in [5.41, 5.74) is 5.13. The fourth-order valence-electron chi connectivity index (χ4n) is 7.32. The predicted molar refractivity (Wildman–Crippen MR) is 207 cm³/mol. The number of benzene rings is 3. The zero-order chi connectivity index (χ0) is 36.2. The van der Waals surface area contributed by atoms with Crippen molar-refractivity contribution in [2.45, 2.75) is 77.4 Å². The zero-order valence-electron chi connectivity index (χ0n) is 30.5. The van der Waals surface area contributed by atoms with Gasteiger partial charge in [-0.05, 0) is 98.5 Å². The topological polar surface area (TPSA) is 95.5 Å². The number of aliphatic imine (C=N–C) groups is 2. The summed E-state index contributed by atoms with van der Waals surface area (Å²) in [5, 5.41) is 4.98. The number of hydrogen-bond acceptors (Lipinski definition) is 8. The maximum Gasteiger partial charge on any atom is 0.350 e. The summed E-state index contributed by atoms with van der Waals surface area (Å²) in [5.74, 6) is 0.760. The van der Waals surface area contributed by atoms with Crippen molar-refractivity contribution in [1.82, 2.24) is 14.3 Å². The van der Waals surface area contributed by atoms with Gasteiger partial charge < -0.3 is 19.1 Å². The first kappa shape index (κ1) is 36.1. The van der Waals surface area contributed by atoms with Crippen LogP contribution < -0.4 is 15.3 Å². The number of aromatic nitrogens is 3. The summed E-state index contributed by atoms with van der Waals surface area (Å²) in [4.78, 5) is 24.4. The third-order valence-electron chi connectivity index (χ3n) is 10.7. The van der Waals surface area contributed by atoms with E-state index in [1.165, 1.54) is 11.3 Å². The molecule has 274 valence electrons. The summed E-state index contributed by atoms with van der Waals surface area (Å²) in [7, 11) is 0. The van der Waals surface area contributed by atoms with Crippen LogP contribution in [0.4, 0.5) is 5.69 Å². The average molecular weight is 725 g/mol. The third kappa shape index (κ3) is 8.04. The molecule has 11 heteroatoms. The Balaban J connectivity index is 0.893. The number of halogens is 1. The Hall–Kier alpha value is -4.25. The fraction of sp³-hybridized carbons (Fsp3) is 0.463. The molecule has 3 aromatic carbocycles. The first-order chi connectivity index (χ1) is 25.2. The lowest BCUT2D eigenvalue weighted by Crippen LogP contribution is -2.35. The molecule has 4 atom stereocenters.